The van der Waals surface area contributed by atoms with Crippen molar-refractivity contribution in [2.45, 2.75) is 19.3 Å². The molecular weight excluding hydrogens is 276 g/mol. The molecule has 2 rings (SSSR count). The Kier molecular flexibility index (Phi) is 5.83. The molecular formula is C18H22N2O2. The van der Waals surface area contributed by atoms with E-state index in [0.717, 1.165) is 6.42 Å². The molecule has 2 N–H and O–H groups in total. The number of nitrogens with one attached hydrogen (secondary N) is 2. The van der Waals surface area contributed by atoms with E-state index >= 15 is 0 Å². The molecule has 0 radical (unpaired) electrons. The third-order valence-corrected chi connectivity index (χ3v) is 3.60. The monoisotopic (exact) mass is 298 g/mol. The van der Waals surface area contributed by atoms with Gasteiger partial charge in [0.25, 0.3) is 0 Å². The molecule has 2 aromatic carbocycles. The number of carbonyl (C=O) groups excluding carboxylic acids is 1. The van der Waals surface area contributed by atoms with E-state index in [1.807, 2.05) is 36.4 Å². The molecule has 1 unspecified atom stereocenters. The van der Waals surface area contributed by atoms with Crippen LogP contribution in [0.5, 0.6) is 5.75 Å². The molecule has 0 aliphatic heterocycles. The van der Waals surface area contributed by atoms with Gasteiger partial charge in [-0.15, -0.1) is 0 Å². The molecule has 4 nitrogen and oxygen atoms in total. The highest BCUT2D eigenvalue weighted by Gasteiger charge is 2.10. The van der Waals surface area contributed by atoms with Crippen molar-refractivity contribution >= 4 is 11.7 Å². The van der Waals surface area contributed by atoms with E-state index in [0.29, 0.717) is 23.9 Å². The van der Waals surface area contributed by atoms with Crippen LogP contribution in [0.15, 0.2) is 54.6 Å². The number of hydrogen-bond acceptors (Lipinski definition) is 2. The molecule has 2 aromatic rings. The van der Waals surface area contributed by atoms with Crippen LogP contribution < -0.4 is 15.4 Å². The zero-order chi connectivity index (χ0) is 15.8. The Labute approximate surface area is 131 Å². The van der Waals surface area contributed by atoms with Crippen molar-refractivity contribution in [1.82, 2.24) is 5.32 Å². The first-order valence-electron chi connectivity index (χ1n) is 7.46. The fourth-order valence-electron chi connectivity index (χ4n) is 2.32. The molecule has 0 saturated carbocycles. The van der Waals surface area contributed by atoms with E-state index in [1.54, 1.807) is 13.2 Å². The fourth-order valence-corrected chi connectivity index (χ4v) is 2.32. The van der Waals surface area contributed by atoms with E-state index in [-0.39, 0.29) is 6.03 Å². The number of anilines is 1. The maximum atomic E-state index is 12.0. The number of hydrogen-bond donors (Lipinski definition) is 2. The predicted molar refractivity (Wildman–Crippen MR) is 89.5 cm³/mol. The van der Waals surface area contributed by atoms with Crippen molar-refractivity contribution in [3.63, 3.8) is 0 Å². The van der Waals surface area contributed by atoms with Crippen LogP contribution in [0.1, 0.15) is 24.8 Å². The van der Waals surface area contributed by atoms with Gasteiger partial charge in [-0.1, -0.05) is 43.3 Å². The van der Waals surface area contributed by atoms with Crippen LogP contribution in [0, 0.1) is 0 Å². The number of amides is 2. The molecule has 0 aliphatic rings. The van der Waals surface area contributed by atoms with Gasteiger partial charge in [0.15, 0.2) is 0 Å². The molecule has 1 atom stereocenters. The summed E-state index contributed by atoms with van der Waals surface area (Å²) in [4.78, 5) is 12.0. The first-order valence-corrected chi connectivity index (χ1v) is 7.46. The molecule has 22 heavy (non-hydrogen) atoms. The molecule has 0 heterocycles. The minimum absolute atomic E-state index is 0.206. The van der Waals surface area contributed by atoms with E-state index < -0.39 is 0 Å². The van der Waals surface area contributed by atoms with Crippen LogP contribution in [0.25, 0.3) is 0 Å². The molecule has 0 spiro atoms. The van der Waals surface area contributed by atoms with Gasteiger partial charge in [0.1, 0.15) is 5.75 Å². The van der Waals surface area contributed by atoms with Crippen molar-refractivity contribution in [2.24, 2.45) is 0 Å². The molecule has 2 amide bonds. The largest absolute Gasteiger partial charge is 0.497 e. The fraction of sp³-hybridized carbons (Fsp3) is 0.278. The van der Waals surface area contributed by atoms with Crippen molar-refractivity contribution in [1.29, 1.82) is 0 Å². The minimum atomic E-state index is -0.206. The number of ether oxygens (including phenoxy) is 1. The Balaban J connectivity index is 1.89. The predicted octanol–water partition coefficient (Wildman–Crippen LogP) is 4.01. The van der Waals surface area contributed by atoms with Gasteiger partial charge in [0, 0.05) is 24.2 Å². The van der Waals surface area contributed by atoms with Gasteiger partial charge in [-0.3, -0.25) is 0 Å². The zero-order valence-corrected chi connectivity index (χ0v) is 13.0. The Morgan fingerprint density at radius 1 is 1.14 bits per heavy atom. The number of rotatable bonds is 6. The summed E-state index contributed by atoms with van der Waals surface area (Å²) in [5, 5.41) is 5.74. The molecule has 0 aromatic heterocycles. The first kappa shape index (κ1) is 15.9. The van der Waals surface area contributed by atoms with Gasteiger partial charge in [-0.2, -0.15) is 0 Å². The third-order valence-electron chi connectivity index (χ3n) is 3.60. The highest BCUT2D eigenvalue weighted by molar-refractivity contribution is 5.89. The average Bonchev–Trinajstić information content (AvgIpc) is 2.56. The standard InChI is InChI=1S/C18H22N2O2/c1-3-14(15-8-5-4-6-9-15)13-19-18(21)20-16-10-7-11-17(12-16)22-2/h4-12,14H,3,13H2,1-2H3,(H2,19,20,21). The number of carbonyl (C=O) groups is 1. The zero-order valence-electron chi connectivity index (χ0n) is 13.0. The van der Waals surface area contributed by atoms with Crippen LogP contribution in [-0.2, 0) is 0 Å². The normalized spacial score (nSPS) is 11.5. The molecule has 0 saturated heterocycles. The van der Waals surface area contributed by atoms with Gasteiger partial charge in [-0.05, 0) is 24.1 Å². The lowest BCUT2D eigenvalue weighted by atomic mass is 9.97. The van der Waals surface area contributed by atoms with Gasteiger partial charge >= 0.3 is 6.03 Å². The second-order valence-corrected chi connectivity index (χ2v) is 5.08. The molecule has 116 valence electrons. The third kappa shape index (κ3) is 4.52. The van der Waals surface area contributed by atoms with E-state index in [9.17, 15) is 4.79 Å². The topological polar surface area (TPSA) is 50.4 Å². The summed E-state index contributed by atoms with van der Waals surface area (Å²) in [6, 6.07) is 17.3. The molecule has 4 heteroatoms. The van der Waals surface area contributed by atoms with Crippen molar-refractivity contribution in [2.75, 3.05) is 19.0 Å². The lowest BCUT2D eigenvalue weighted by Gasteiger charge is -2.16. The Morgan fingerprint density at radius 3 is 2.59 bits per heavy atom. The summed E-state index contributed by atoms with van der Waals surface area (Å²) in [5.41, 5.74) is 1.95. The van der Waals surface area contributed by atoms with Crippen LogP contribution in [0.4, 0.5) is 10.5 Å². The second-order valence-electron chi connectivity index (χ2n) is 5.08. The molecule has 0 fully saturated rings. The van der Waals surface area contributed by atoms with E-state index in [2.05, 4.69) is 29.7 Å². The molecule has 0 bridgehead atoms. The second kappa shape index (κ2) is 8.08. The van der Waals surface area contributed by atoms with Crippen molar-refractivity contribution < 1.29 is 9.53 Å². The number of methoxy groups -OCH3 is 1. The Bertz CT molecular complexity index is 599. The number of urea groups is 1. The highest BCUT2D eigenvalue weighted by Crippen LogP contribution is 2.19. The maximum Gasteiger partial charge on any atom is 0.319 e. The summed E-state index contributed by atoms with van der Waals surface area (Å²) < 4.78 is 5.14. The minimum Gasteiger partial charge on any atom is -0.497 e. The maximum absolute atomic E-state index is 12.0. The summed E-state index contributed by atoms with van der Waals surface area (Å²) in [6.45, 7) is 2.73. The average molecular weight is 298 g/mol. The first-order chi connectivity index (χ1) is 10.7. The van der Waals surface area contributed by atoms with Crippen LogP contribution in [0.3, 0.4) is 0 Å². The molecule has 0 aliphatic carbocycles. The highest BCUT2D eigenvalue weighted by atomic mass is 16.5. The lowest BCUT2D eigenvalue weighted by Crippen LogP contribution is -2.32. The van der Waals surface area contributed by atoms with Gasteiger partial charge in [0.05, 0.1) is 7.11 Å². The summed E-state index contributed by atoms with van der Waals surface area (Å²) in [5.74, 6) is 1.03. The van der Waals surface area contributed by atoms with Gasteiger partial charge in [0.2, 0.25) is 0 Å². The number of benzene rings is 2. The van der Waals surface area contributed by atoms with Crippen LogP contribution in [0.2, 0.25) is 0 Å². The summed E-state index contributed by atoms with van der Waals surface area (Å²) in [6.07, 6.45) is 0.976. The van der Waals surface area contributed by atoms with E-state index in [1.165, 1.54) is 5.56 Å². The Morgan fingerprint density at radius 2 is 1.91 bits per heavy atom. The van der Waals surface area contributed by atoms with Crippen molar-refractivity contribution in [3.8, 4) is 5.75 Å². The quantitative estimate of drug-likeness (QED) is 0.846. The van der Waals surface area contributed by atoms with Crippen LogP contribution in [-0.4, -0.2) is 19.7 Å². The lowest BCUT2D eigenvalue weighted by molar-refractivity contribution is 0.251. The smallest absolute Gasteiger partial charge is 0.319 e. The van der Waals surface area contributed by atoms with Gasteiger partial charge in [-0.25, -0.2) is 4.79 Å². The summed E-state index contributed by atoms with van der Waals surface area (Å²) >= 11 is 0. The van der Waals surface area contributed by atoms with Crippen molar-refractivity contribution in [3.05, 3.63) is 60.2 Å². The Hall–Kier alpha value is -2.49. The van der Waals surface area contributed by atoms with E-state index in [4.69, 9.17) is 4.74 Å². The van der Waals surface area contributed by atoms with Crippen LogP contribution >= 0.6 is 0 Å². The van der Waals surface area contributed by atoms with Gasteiger partial charge < -0.3 is 15.4 Å². The SMILES string of the molecule is CCC(CNC(=O)Nc1cccc(OC)c1)c1ccccc1. The summed E-state index contributed by atoms with van der Waals surface area (Å²) in [7, 11) is 1.60.